The van der Waals surface area contributed by atoms with Crippen molar-refractivity contribution in [2.45, 2.75) is 53.9 Å². The predicted octanol–water partition coefficient (Wildman–Crippen LogP) is 4.95. The molecule has 2 aromatic carbocycles. The van der Waals surface area contributed by atoms with Crippen molar-refractivity contribution in [3.8, 4) is 5.75 Å². The number of rotatable bonds is 5. The molecule has 0 atom stereocenters. The monoisotopic (exact) mass is 343 g/mol. The van der Waals surface area contributed by atoms with Gasteiger partial charge in [-0.3, -0.25) is 0 Å². The lowest BCUT2D eigenvalue weighted by atomic mass is 9.99. The van der Waals surface area contributed by atoms with Gasteiger partial charge in [-0.15, -0.1) is 0 Å². The Morgan fingerprint density at radius 1 is 0.875 bits per heavy atom. The molecule has 2 aliphatic heterocycles. The number of hydrogen-bond acceptors (Lipinski definition) is 2. The summed E-state index contributed by atoms with van der Waals surface area (Å²) in [5.74, 6) is 0.997. The minimum Gasteiger partial charge on any atom is -0.491 e. The fraction of sp³-hybridized carbons (Fsp3) is 0.524. The fourth-order valence-electron chi connectivity index (χ4n) is 4.38. The van der Waals surface area contributed by atoms with E-state index in [1.54, 1.807) is 12.0 Å². The molecule has 0 aromatic heterocycles. The Hall–Kier alpha value is -1.19. The molecule has 2 aliphatic rings. The Morgan fingerprint density at radius 2 is 1.54 bits per heavy atom. The molecule has 0 saturated carbocycles. The molecular weight excluding hydrogens is 316 g/mol. The third-order valence-electron chi connectivity index (χ3n) is 5.47. The summed E-state index contributed by atoms with van der Waals surface area (Å²) >= 11 is 0. The molecule has 0 radical (unpaired) electrons. The zero-order valence-corrected chi connectivity index (χ0v) is 15.3. The topological polar surface area (TPSA) is 18.5 Å². The van der Waals surface area contributed by atoms with Crippen molar-refractivity contribution in [2.75, 3.05) is 20.3 Å². The zero-order valence-electron chi connectivity index (χ0n) is 14.5. The number of benzene rings is 2. The van der Waals surface area contributed by atoms with E-state index >= 15 is 0 Å². The van der Waals surface area contributed by atoms with E-state index in [1.165, 1.54) is 49.3 Å². The Balaban J connectivity index is 1.72. The van der Waals surface area contributed by atoms with Gasteiger partial charge in [0.05, 0.1) is 6.61 Å². The molecule has 0 N–H and O–H groups in total. The van der Waals surface area contributed by atoms with E-state index in [-0.39, 0.29) is 0 Å². The van der Waals surface area contributed by atoms with Crippen LogP contribution in [0.2, 0.25) is 0 Å². The first-order valence-corrected chi connectivity index (χ1v) is 10.6. The standard InChI is InChI=1S/C21H27O2S/c1-22-14-15-23-20-12-13-21(19-11-3-2-10-18(19)20)24-16-6-4-7-17(24)9-5-8-16/h2-3,10-13,16-17H,4-9,14-15H2,1H3/q+1. The van der Waals surface area contributed by atoms with Gasteiger partial charge in [-0.05, 0) is 56.7 Å². The zero-order chi connectivity index (χ0) is 16.4. The van der Waals surface area contributed by atoms with Gasteiger partial charge in [-0.1, -0.05) is 18.2 Å². The second kappa shape index (κ2) is 7.37. The van der Waals surface area contributed by atoms with Crippen molar-refractivity contribution in [1.29, 1.82) is 0 Å². The first-order chi connectivity index (χ1) is 11.9. The van der Waals surface area contributed by atoms with Crippen LogP contribution in [0.15, 0.2) is 41.3 Å². The maximum Gasteiger partial charge on any atom is 0.163 e. The van der Waals surface area contributed by atoms with E-state index < -0.39 is 0 Å². The first-order valence-electron chi connectivity index (χ1n) is 9.24. The third-order valence-corrected chi connectivity index (χ3v) is 8.71. The summed E-state index contributed by atoms with van der Waals surface area (Å²) in [6.07, 6.45) is 8.60. The van der Waals surface area contributed by atoms with Crippen molar-refractivity contribution in [2.24, 2.45) is 0 Å². The highest BCUT2D eigenvalue weighted by atomic mass is 32.2. The Kier molecular flexibility index (Phi) is 5.00. The van der Waals surface area contributed by atoms with Crippen LogP contribution in [0.3, 0.4) is 0 Å². The van der Waals surface area contributed by atoms with Gasteiger partial charge in [0.1, 0.15) is 22.9 Å². The molecule has 0 spiro atoms. The van der Waals surface area contributed by atoms with E-state index in [9.17, 15) is 0 Å². The van der Waals surface area contributed by atoms with E-state index in [4.69, 9.17) is 9.47 Å². The molecule has 24 heavy (non-hydrogen) atoms. The smallest absolute Gasteiger partial charge is 0.163 e. The molecule has 2 heterocycles. The van der Waals surface area contributed by atoms with Gasteiger partial charge >= 0.3 is 0 Å². The van der Waals surface area contributed by atoms with Gasteiger partial charge in [0, 0.05) is 28.8 Å². The molecule has 4 rings (SSSR count). The highest BCUT2D eigenvalue weighted by Gasteiger charge is 2.46. The molecule has 0 unspecified atom stereocenters. The lowest BCUT2D eigenvalue weighted by Crippen LogP contribution is -2.40. The molecular formula is C21H27O2S+. The SMILES string of the molecule is COCCOc1ccc([S+]2C3CCCC2CCC3)c2ccccc12. The summed E-state index contributed by atoms with van der Waals surface area (Å²) < 4.78 is 11.1. The summed E-state index contributed by atoms with van der Waals surface area (Å²) in [6, 6.07) is 13.4. The number of hydrogen-bond donors (Lipinski definition) is 0. The van der Waals surface area contributed by atoms with E-state index in [1.807, 2.05) is 0 Å². The van der Waals surface area contributed by atoms with Gasteiger partial charge in [-0.25, -0.2) is 0 Å². The number of ether oxygens (including phenoxy) is 2. The lowest BCUT2D eigenvalue weighted by Gasteiger charge is -2.35. The van der Waals surface area contributed by atoms with Crippen molar-refractivity contribution in [3.63, 3.8) is 0 Å². The molecule has 2 fully saturated rings. The van der Waals surface area contributed by atoms with Crippen molar-refractivity contribution < 1.29 is 9.47 Å². The Morgan fingerprint density at radius 3 is 2.21 bits per heavy atom. The van der Waals surface area contributed by atoms with E-state index in [0.29, 0.717) is 24.1 Å². The van der Waals surface area contributed by atoms with Crippen LogP contribution in [-0.2, 0) is 15.6 Å². The minimum atomic E-state index is 0.426. The van der Waals surface area contributed by atoms with E-state index in [0.717, 1.165) is 16.2 Å². The van der Waals surface area contributed by atoms with Gasteiger partial charge in [0.2, 0.25) is 0 Å². The van der Waals surface area contributed by atoms with Crippen molar-refractivity contribution in [3.05, 3.63) is 36.4 Å². The molecule has 2 bridgehead atoms. The molecule has 0 aliphatic carbocycles. The number of methoxy groups -OCH3 is 1. The van der Waals surface area contributed by atoms with Crippen LogP contribution in [-0.4, -0.2) is 30.8 Å². The lowest BCUT2D eigenvalue weighted by molar-refractivity contribution is 0.147. The first kappa shape index (κ1) is 16.3. The van der Waals surface area contributed by atoms with Crippen molar-refractivity contribution in [1.82, 2.24) is 0 Å². The predicted molar refractivity (Wildman–Crippen MR) is 102 cm³/mol. The fourth-order valence-corrected chi connectivity index (χ4v) is 7.99. The largest absolute Gasteiger partial charge is 0.491 e. The average molecular weight is 344 g/mol. The highest BCUT2D eigenvalue weighted by molar-refractivity contribution is 7.98. The summed E-state index contributed by atoms with van der Waals surface area (Å²) in [5.41, 5.74) is 0. The normalized spacial score (nSPS) is 26.5. The van der Waals surface area contributed by atoms with Crippen LogP contribution in [0.5, 0.6) is 5.75 Å². The Bertz CT molecular complexity index is 677. The van der Waals surface area contributed by atoms with Crippen LogP contribution >= 0.6 is 0 Å². The van der Waals surface area contributed by atoms with E-state index in [2.05, 4.69) is 36.4 Å². The molecule has 0 amide bonds. The summed E-state index contributed by atoms with van der Waals surface area (Å²) in [6.45, 7) is 1.24. The van der Waals surface area contributed by atoms with Gasteiger partial charge < -0.3 is 9.47 Å². The average Bonchev–Trinajstić information content (AvgIpc) is 2.61. The number of fused-ring (bicyclic) bond motifs is 3. The summed E-state index contributed by atoms with van der Waals surface area (Å²) in [5, 5.41) is 4.51. The second-order valence-corrected chi connectivity index (χ2v) is 9.44. The van der Waals surface area contributed by atoms with Gasteiger partial charge in [0.15, 0.2) is 4.90 Å². The van der Waals surface area contributed by atoms with Crippen molar-refractivity contribution >= 4 is 21.7 Å². The van der Waals surface area contributed by atoms with Gasteiger partial charge in [-0.2, -0.15) is 0 Å². The highest BCUT2D eigenvalue weighted by Crippen LogP contribution is 2.45. The Labute approximate surface area is 147 Å². The van der Waals surface area contributed by atoms with Crippen LogP contribution in [0, 0.1) is 0 Å². The maximum atomic E-state index is 5.97. The van der Waals surface area contributed by atoms with Gasteiger partial charge in [0.25, 0.3) is 0 Å². The molecule has 2 nitrogen and oxygen atoms in total. The maximum absolute atomic E-state index is 5.97. The molecule has 3 heteroatoms. The van der Waals surface area contributed by atoms with Crippen LogP contribution in [0.25, 0.3) is 10.8 Å². The molecule has 2 saturated heterocycles. The molecule has 128 valence electrons. The van der Waals surface area contributed by atoms with Crippen LogP contribution in [0.1, 0.15) is 38.5 Å². The summed E-state index contributed by atoms with van der Waals surface area (Å²) in [4.78, 5) is 1.60. The second-order valence-electron chi connectivity index (χ2n) is 6.93. The third kappa shape index (κ3) is 3.04. The summed E-state index contributed by atoms with van der Waals surface area (Å²) in [7, 11) is 2.14. The quantitative estimate of drug-likeness (QED) is 0.565. The minimum absolute atomic E-state index is 0.426. The van der Waals surface area contributed by atoms with Crippen LogP contribution < -0.4 is 4.74 Å². The molecule has 2 aromatic rings. The van der Waals surface area contributed by atoms with Crippen LogP contribution in [0.4, 0.5) is 0 Å².